The number of nitrogens with one attached hydrogen (secondary N) is 1. The van der Waals surface area contributed by atoms with Gasteiger partial charge in [-0.25, -0.2) is 4.98 Å². The zero-order chi connectivity index (χ0) is 22.5. The van der Waals surface area contributed by atoms with E-state index < -0.39 is 6.10 Å². The number of amides is 1. The van der Waals surface area contributed by atoms with Gasteiger partial charge < -0.3 is 15.3 Å². The van der Waals surface area contributed by atoms with Gasteiger partial charge in [0.1, 0.15) is 5.15 Å². The summed E-state index contributed by atoms with van der Waals surface area (Å²) in [5.74, 6) is 0.0241. The van der Waals surface area contributed by atoms with Crippen LogP contribution in [0, 0.1) is 0 Å². The maximum Gasteiger partial charge on any atom is 0.254 e. The van der Waals surface area contributed by atoms with Gasteiger partial charge in [-0.15, -0.1) is 0 Å². The maximum absolute atomic E-state index is 13.0. The summed E-state index contributed by atoms with van der Waals surface area (Å²) < 4.78 is 0. The van der Waals surface area contributed by atoms with E-state index in [0.717, 1.165) is 48.2 Å². The molecule has 1 aromatic carbocycles. The van der Waals surface area contributed by atoms with E-state index in [9.17, 15) is 9.90 Å². The summed E-state index contributed by atoms with van der Waals surface area (Å²) in [6.45, 7) is 1.15. The summed E-state index contributed by atoms with van der Waals surface area (Å²) in [6, 6.07) is 15.3. The SMILES string of the molecule is CN(C(=O)c1ccc(CCNC[C@H](O)c2ccc(Cl)nc2)cc1)C1CCc2ncccc21. The molecule has 0 radical (unpaired) electrons. The van der Waals surface area contributed by atoms with E-state index >= 15 is 0 Å². The Kier molecular flexibility index (Phi) is 7.15. The molecule has 4 rings (SSSR count). The molecule has 0 bridgehead atoms. The molecule has 2 heterocycles. The third kappa shape index (κ3) is 5.15. The zero-order valence-electron chi connectivity index (χ0n) is 18.0. The molecule has 1 unspecified atom stereocenters. The van der Waals surface area contributed by atoms with Crippen LogP contribution in [0.4, 0.5) is 0 Å². The highest BCUT2D eigenvalue weighted by Gasteiger charge is 2.29. The van der Waals surface area contributed by atoms with Crippen LogP contribution in [0.5, 0.6) is 0 Å². The van der Waals surface area contributed by atoms with E-state index in [0.29, 0.717) is 17.3 Å². The molecule has 3 aromatic rings. The number of hydrogen-bond donors (Lipinski definition) is 2. The highest BCUT2D eigenvalue weighted by molar-refractivity contribution is 6.29. The number of fused-ring (bicyclic) bond motifs is 1. The standard InChI is InChI=1S/C25H27ClN4O2/c1-30(22-10-9-21-20(22)3-2-13-28-21)25(32)18-6-4-17(5-7-18)12-14-27-16-23(31)19-8-11-24(26)29-15-19/h2-8,11,13,15,22-23,27,31H,9-10,12,14,16H2,1H3/t22?,23-/m0/s1. The average molecular weight is 451 g/mol. The molecule has 1 amide bonds. The van der Waals surface area contributed by atoms with Gasteiger partial charge in [0, 0.05) is 42.8 Å². The van der Waals surface area contributed by atoms with Crippen molar-refractivity contribution in [3.63, 3.8) is 0 Å². The van der Waals surface area contributed by atoms with Crippen LogP contribution in [0.15, 0.2) is 60.9 Å². The van der Waals surface area contributed by atoms with E-state index in [-0.39, 0.29) is 11.9 Å². The normalized spacial score (nSPS) is 15.9. The van der Waals surface area contributed by atoms with E-state index in [1.807, 2.05) is 48.5 Å². The highest BCUT2D eigenvalue weighted by atomic mass is 35.5. The maximum atomic E-state index is 13.0. The van der Waals surface area contributed by atoms with Crippen molar-refractivity contribution in [1.29, 1.82) is 0 Å². The number of nitrogens with zero attached hydrogens (tertiary/aromatic N) is 3. The quantitative estimate of drug-likeness (QED) is 0.403. The lowest BCUT2D eigenvalue weighted by Gasteiger charge is -2.25. The predicted octanol–water partition coefficient (Wildman–Crippen LogP) is 3.76. The number of hydrogen-bond acceptors (Lipinski definition) is 5. The van der Waals surface area contributed by atoms with Crippen molar-refractivity contribution in [2.75, 3.05) is 20.1 Å². The summed E-state index contributed by atoms with van der Waals surface area (Å²) in [7, 11) is 1.87. The third-order valence-corrected chi connectivity index (χ3v) is 6.21. The number of pyridine rings is 2. The molecule has 0 saturated heterocycles. The average Bonchev–Trinajstić information content (AvgIpc) is 3.26. The van der Waals surface area contributed by atoms with Crippen molar-refractivity contribution >= 4 is 17.5 Å². The van der Waals surface area contributed by atoms with Gasteiger partial charge in [-0.2, -0.15) is 0 Å². The molecule has 1 aliphatic rings. The van der Waals surface area contributed by atoms with Gasteiger partial charge in [0.2, 0.25) is 0 Å². The van der Waals surface area contributed by atoms with Gasteiger partial charge >= 0.3 is 0 Å². The van der Waals surface area contributed by atoms with E-state index in [2.05, 4.69) is 21.4 Å². The van der Waals surface area contributed by atoms with Crippen LogP contribution in [0.1, 0.15) is 51.3 Å². The molecule has 166 valence electrons. The van der Waals surface area contributed by atoms with E-state index in [1.165, 1.54) is 0 Å². The first-order chi connectivity index (χ1) is 15.5. The Bertz CT molecular complexity index is 1060. The first-order valence-electron chi connectivity index (χ1n) is 10.8. The molecule has 2 N–H and O–H groups in total. The van der Waals surface area contributed by atoms with Crippen LogP contribution < -0.4 is 5.32 Å². The number of aryl methyl sites for hydroxylation is 1. The largest absolute Gasteiger partial charge is 0.387 e. The summed E-state index contributed by atoms with van der Waals surface area (Å²) in [5, 5.41) is 13.9. The molecule has 7 heteroatoms. The van der Waals surface area contributed by atoms with Crippen molar-refractivity contribution in [1.82, 2.24) is 20.2 Å². The molecule has 0 aliphatic heterocycles. The Morgan fingerprint density at radius 3 is 2.78 bits per heavy atom. The monoisotopic (exact) mass is 450 g/mol. The molecule has 0 spiro atoms. The highest BCUT2D eigenvalue weighted by Crippen LogP contribution is 2.34. The summed E-state index contributed by atoms with van der Waals surface area (Å²) in [4.78, 5) is 23.3. The fourth-order valence-corrected chi connectivity index (χ4v) is 4.24. The Morgan fingerprint density at radius 1 is 1.22 bits per heavy atom. The minimum atomic E-state index is -0.633. The minimum absolute atomic E-state index is 0.0241. The molecule has 0 fully saturated rings. The molecule has 2 atom stereocenters. The van der Waals surface area contributed by atoms with Crippen molar-refractivity contribution in [2.24, 2.45) is 0 Å². The second kappa shape index (κ2) is 10.2. The van der Waals surface area contributed by atoms with Crippen molar-refractivity contribution in [2.45, 2.75) is 31.4 Å². The smallest absolute Gasteiger partial charge is 0.254 e. The Labute approximate surface area is 193 Å². The molecule has 2 aromatic heterocycles. The van der Waals surface area contributed by atoms with Crippen LogP contribution in [0.3, 0.4) is 0 Å². The number of aliphatic hydroxyl groups is 1. The summed E-state index contributed by atoms with van der Waals surface area (Å²) >= 11 is 5.78. The lowest BCUT2D eigenvalue weighted by molar-refractivity contribution is 0.0730. The molecule has 32 heavy (non-hydrogen) atoms. The second-order valence-corrected chi connectivity index (χ2v) is 8.48. The first-order valence-corrected chi connectivity index (χ1v) is 11.2. The molecule has 0 saturated carbocycles. The summed E-state index contributed by atoms with van der Waals surface area (Å²) in [5.41, 5.74) is 4.80. The Balaban J connectivity index is 1.26. The lowest BCUT2D eigenvalue weighted by Crippen LogP contribution is -2.30. The van der Waals surface area contributed by atoms with Crippen LogP contribution >= 0.6 is 11.6 Å². The number of halogens is 1. The second-order valence-electron chi connectivity index (χ2n) is 8.09. The zero-order valence-corrected chi connectivity index (χ0v) is 18.8. The minimum Gasteiger partial charge on any atom is -0.387 e. The third-order valence-electron chi connectivity index (χ3n) is 5.99. The first kappa shape index (κ1) is 22.4. The number of rotatable bonds is 8. The number of aromatic nitrogens is 2. The predicted molar refractivity (Wildman–Crippen MR) is 125 cm³/mol. The molecule has 1 aliphatic carbocycles. The number of carbonyl (C=O) groups is 1. The molecular formula is C25H27ClN4O2. The summed E-state index contributed by atoms with van der Waals surface area (Å²) in [6.07, 6.45) is 5.39. The fourth-order valence-electron chi connectivity index (χ4n) is 4.13. The van der Waals surface area contributed by atoms with Crippen molar-refractivity contribution < 1.29 is 9.90 Å². The van der Waals surface area contributed by atoms with Crippen LogP contribution in [-0.4, -0.2) is 46.0 Å². The van der Waals surface area contributed by atoms with Crippen LogP contribution in [0.25, 0.3) is 0 Å². The molecular weight excluding hydrogens is 424 g/mol. The van der Waals surface area contributed by atoms with Gasteiger partial charge in [0.25, 0.3) is 5.91 Å². The number of carbonyl (C=O) groups excluding carboxylic acids is 1. The van der Waals surface area contributed by atoms with Gasteiger partial charge in [-0.3, -0.25) is 9.78 Å². The number of aliphatic hydroxyl groups excluding tert-OH is 1. The van der Waals surface area contributed by atoms with Crippen molar-refractivity contribution in [3.05, 3.63) is 94.0 Å². The van der Waals surface area contributed by atoms with Crippen LogP contribution in [-0.2, 0) is 12.8 Å². The topological polar surface area (TPSA) is 78.4 Å². The lowest BCUT2D eigenvalue weighted by atomic mass is 10.1. The Hall–Kier alpha value is -2.80. The Morgan fingerprint density at radius 2 is 2.03 bits per heavy atom. The number of benzene rings is 1. The van der Waals surface area contributed by atoms with E-state index in [4.69, 9.17) is 11.6 Å². The van der Waals surface area contributed by atoms with Gasteiger partial charge in [-0.05, 0) is 61.2 Å². The van der Waals surface area contributed by atoms with Crippen LogP contribution in [0.2, 0.25) is 5.15 Å². The van der Waals surface area contributed by atoms with Crippen molar-refractivity contribution in [3.8, 4) is 0 Å². The van der Waals surface area contributed by atoms with Gasteiger partial charge in [0.15, 0.2) is 0 Å². The van der Waals surface area contributed by atoms with E-state index in [1.54, 1.807) is 18.3 Å². The van der Waals surface area contributed by atoms with Gasteiger partial charge in [0.05, 0.1) is 12.1 Å². The molecule has 6 nitrogen and oxygen atoms in total. The van der Waals surface area contributed by atoms with Gasteiger partial charge in [-0.1, -0.05) is 35.9 Å². The fraction of sp³-hybridized carbons (Fsp3) is 0.320.